The molecule has 0 bridgehead atoms. The van der Waals surface area contributed by atoms with Crippen molar-refractivity contribution in [3.05, 3.63) is 50.4 Å². The van der Waals surface area contributed by atoms with Gasteiger partial charge in [-0.05, 0) is 31.7 Å². The fourth-order valence-electron chi connectivity index (χ4n) is 1.86. The molecule has 1 aromatic heterocycles. The predicted octanol–water partition coefficient (Wildman–Crippen LogP) is 3.38. The molecular weight excluding hydrogens is 324 g/mol. The molecular formula is C14H17BrN2OS. The molecule has 1 N–H and O–H groups in total. The van der Waals surface area contributed by atoms with Gasteiger partial charge in [-0.2, -0.15) is 0 Å². The average molecular weight is 341 g/mol. The third-order valence-electron chi connectivity index (χ3n) is 2.81. The highest BCUT2D eigenvalue weighted by Gasteiger charge is 2.12. The van der Waals surface area contributed by atoms with Crippen molar-refractivity contribution in [1.29, 1.82) is 0 Å². The maximum Gasteiger partial charge on any atom is 0.107 e. The molecule has 0 radical (unpaired) electrons. The van der Waals surface area contributed by atoms with E-state index in [-0.39, 0.29) is 0 Å². The Kier molecular flexibility index (Phi) is 5.10. The summed E-state index contributed by atoms with van der Waals surface area (Å²) >= 11 is 5.06. The summed E-state index contributed by atoms with van der Waals surface area (Å²) in [5.74, 6) is 0. The van der Waals surface area contributed by atoms with Gasteiger partial charge >= 0.3 is 0 Å². The number of aromatic nitrogens is 1. The van der Waals surface area contributed by atoms with E-state index >= 15 is 0 Å². The lowest BCUT2D eigenvalue weighted by atomic mass is 10.1. The summed E-state index contributed by atoms with van der Waals surface area (Å²) < 4.78 is 1.02. The van der Waals surface area contributed by atoms with Crippen molar-refractivity contribution >= 4 is 27.3 Å². The van der Waals surface area contributed by atoms with Crippen LogP contribution < -0.4 is 0 Å². The molecule has 19 heavy (non-hydrogen) atoms. The molecule has 0 amide bonds. The Labute approximate surface area is 126 Å². The maximum absolute atomic E-state index is 10.2. The highest BCUT2D eigenvalue weighted by Crippen LogP contribution is 2.18. The first-order chi connectivity index (χ1) is 9.04. The highest BCUT2D eigenvalue weighted by molar-refractivity contribution is 9.10. The molecule has 0 saturated carbocycles. The summed E-state index contributed by atoms with van der Waals surface area (Å²) in [5, 5.41) is 13.3. The van der Waals surface area contributed by atoms with E-state index in [1.807, 2.05) is 43.6 Å². The van der Waals surface area contributed by atoms with Crippen LogP contribution in [0.25, 0.3) is 0 Å². The van der Waals surface area contributed by atoms with E-state index in [9.17, 15) is 5.11 Å². The van der Waals surface area contributed by atoms with Crippen LogP contribution in [0.4, 0.5) is 0 Å². The third-order valence-corrected chi connectivity index (χ3v) is 4.29. The lowest BCUT2D eigenvalue weighted by Gasteiger charge is -2.19. The molecule has 5 heteroatoms. The Morgan fingerprint density at radius 2 is 2.05 bits per heavy atom. The van der Waals surface area contributed by atoms with Crippen LogP contribution in [0.5, 0.6) is 0 Å². The van der Waals surface area contributed by atoms with Crippen molar-refractivity contribution in [3.63, 3.8) is 0 Å². The van der Waals surface area contributed by atoms with Crippen LogP contribution in [0.15, 0.2) is 34.1 Å². The van der Waals surface area contributed by atoms with Gasteiger partial charge in [-0.15, -0.1) is 11.3 Å². The van der Waals surface area contributed by atoms with E-state index < -0.39 is 6.10 Å². The van der Waals surface area contributed by atoms with Gasteiger partial charge in [0.1, 0.15) is 5.01 Å². The molecule has 0 aliphatic rings. The van der Waals surface area contributed by atoms with Gasteiger partial charge in [-0.1, -0.05) is 28.1 Å². The minimum absolute atomic E-state index is 0.473. The molecule has 2 rings (SSSR count). The number of nitrogens with zero attached hydrogens (tertiary/aromatic N) is 2. The Morgan fingerprint density at radius 1 is 1.37 bits per heavy atom. The van der Waals surface area contributed by atoms with Crippen LogP contribution in [0.1, 0.15) is 22.4 Å². The number of aryl methyl sites for hydroxylation is 1. The van der Waals surface area contributed by atoms with Gasteiger partial charge in [0.15, 0.2) is 0 Å². The van der Waals surface area contributed by atoms with Crippen molar-refractivity contribution in [2.45, 2.75) is 19.6 Å². The lowest BCUT2D eigenvalue weighted by molar-refractivity contribution is 0.124. The number of hydrogen-bond donors (Lipinski definition) is 1. The van der Waals surface area contributed by atoms with Gasteiger partial charge in [0.25, 0.3) is 0 Å². The van der Waals surface area contributed by atoms with E-state index in [1.165, 1.54) is 0 Å². The smallest absolute Gasteiger partial charge is 0.107 e. The van der Waals surface area contributed by atoms with Crippen molar-refractivity contribution in [3.8, 4) is 0 Å². The van der Waals surface area contributed by atoms with Crippen LogP contribution in [0.3, 0.4) is 0 Å². The monoisotopic (exact) mass is 340 g/mol. The average Bonchev–Trinajstić information content (AvgIpc) is 2.75. The zero-order chi connectivity index (χ0) is 13.8. The summed E-state index contributed by atoms with van der Waals surface area (Å²) in [4.78, 5) is 6.52. The SMILES string of the molecule is Cc1csc(CN(C)CC(O)c2ccc(Br)cc2)n1. The highest BCUT2D eigenvalue weighted by atomic mass is 79.9. The standard InChI is InChI=1S/C14H17BrN2OS/c1-10-9-19-14(16-10)8-17(2)7-13(18)11-3-5-12(15)6-4-11/h3-6,9,13,18H,7-8H2,1-2H3. The number of aliphatic hydroxyl groups is 1. The zero-order valence-corrected chi connectivity index (χ0v) is 13.4. The summed E-state index contributed by atoms with van der Waals surface area (Å²) in [5.41, 5.74) is 1.99. The number of likely N-dealkylation sites (N-methyl/N-ethyl adjacent to an activating group) is 1. The first-order valence-electron chi connectivity index (χ1n) is 6.07. The van der Waals surface area contributed by atoms with Crippen molar-refractivity contribution in [2.24, 2.45) is 0 Å². The second-order valence-electron chi connectivity index (χ2n) is 4.65. The Morgan fingerprint density at radius 3 is 2.63 bits per heavy atom. The van der Waals surface area contributed by atoms with E-state index in [0.717, 1.165) is 27.3 Å². The molecule has 1 aromatic carbocycles. The molecule has 1 atom stereocenters. The maximum atomic E-state index is 10.2. The molecule has 0 aliphatic carbocycles. The van der Waals surface area contributed by atoms with Gasteiger partial charge < -0.3 is 5.11 Å². The van der Waals surface area contributed by atoms with E-state index in [4.69, 9.17) is 0 Å². The van der Waals surface area contributed by atoms with E-state index in [2.05, 4.69) is 25.8 Å². The van der Waals surface area contributed by atoms with Gasteiger partial charge in [-0.25, -0.2) is 4.98 Å². The molecule has 102 valence electrons. The second-order valence-corrected chi connectivity index (χ2v) is 6.51. The largest absolute Gasteiger partial charge is 0.387 e. The molecule has 1 unspecified atom stereocenters. The number of benzene rings is 1. The number of hydrogen-bond acceptors (Lipinski definition) is 4. The van der Waals surface area contributed by atoms with Crippen LogP contribution in [-0.2, 0) is 6.54 Å². The number of aliphatic hydroxyl groups excluding tert-OH is 1. The van der Waals surface area contributed by atoms with E-state index in [0.29, 0.717) is 6.54 Å². The molecule has 1 heterocycles. The molecule has 0 spiro atoms. The quantitative estimate of drug-likeness (QED) is 0.906. The summed E-state index contributed by atoms with van der Waals surface area (Å²) in [6.45, 7) is 3.36. The summed E-state index contributed by atoms with van der Waals surface area (Å²) in [6.07, 6.45) is -0.473. The topological polar surface area (TPSA) is 36.4 Å². The molecule has 0 fully saturated rings. The lowest BCUT2D eigenvalue weighted by Crippen LogP contribution is -2.24. The summed E-state index contributed by atoms with van der Waals surface area (Å²) in [6, 6.07) is 7.78. The van der Waals surface area contributed by atoms with Crippen LogP contribution in [0.2, 0.25) is 0 Å². The van der Waals surface area contributed by atoms with Crippen LogP contribution >= 0.6 is 27.3 Å². The molecule has 0 saturated heterocycles. The fraction of sp³-hybridized carbons (Fsp3) is 0.357. The number of thiazole rings is 1. The first-order valence-corrected chi connectivity index (χ1v) is 7.75. The fourth-order valence-corrected chi connectivity index (χ4v) is 2.97. The van der Waals surface area contributed by atoms with Gasteiger partial charge in [0.05, 0.1) is 12.6 Å². The minimum Gasteiger partial charge on any atom is -0.387 e. The van der Waals surface area contributed by atoms with Crippen LogP contribution in [-0.4, -0.2) is 28.6 Å². The normalized spacial score (nSPS) is 12.9. The number of rotatable bonds is 5. The van der Waals surface area contributed by atoms with E-state index in [1.54, 1.807) is 11.3 Å². The minimum atomic E-state index is -0.473. The van der Waals surface area contributed by atoms with Gasteiger partial charge in [-0.3, -0.25) is 4.90 Å². The first kappa shape index (κ1) is 14.7. The Hall–Kier alpha value is -0.750. The zero-order valence-electron chi connectivity index (χ0n) is 11.0. The summed E-state index contributed by atoms with van der Waals surface area (Å²) in [7, 11) is 2.00. The number of halogens is 1. The van der Waals surface area contributed by atoms with Crippen molar-refractivity contribution < 1.29 is 5.11 Å². The Balaban J connectivity index is 1.91. The molecule has 0 aliphatic heterocycles. The molecule has 3 nitrogen and oxygen atoms in total. The third kappa shape index (κ3) is 4.38. The van der Waals surface area contributed by atoms with Crippen LogP contribution in [0, 0.1) is 6.92 Å². The van der Waals surface area contributed by atoms with Crippen molar-refractivity contribution in [2.75, 3.05) is 13.6 Å². The molecule has 2 aromatic rings. The predicted molar refractivity (Wildman–Crippen MR) is 82.3 cm³/mol. The van der Waals surface area contributed by atoms with Gasteiger partial charge in [0.2, 0.25) is 0 Å². The van der Waals surface area contributed by atoms with Crippen molar-refractivity contribution in [1.82, 2.24) is 9.88 Å². The van der Waals surface area contributed by atoms with Gasteiger partial charge in [0, 0.05) is 22.1 Å². The second kappa shape index (κ2) is 6.61. The Bertz CT molecular complexity index is 526.